The second-order valence-electron chi connectivity index (χ2n) is 5.29. The minimum atomic E-state index is 0.824. The van der Waals surface area contributed by atoms with E-state index in [0.29, 0.717) is 0 Å². The van der Waals surface area contributed by atoms with E-state index in [0.717, 1.165) is 31.9 Å². The number of nitrogens with zero attached hydrogens (tertiary/aromatic N) is 1. The van der Waals surface area contributed by atoms with Gasteiger partial charge in [0.05, 0.1) is 6.61 Å². The lowest BCUT2D eigenvalue weighted by Gasteiger charge is -2.18. The summed E-state index contributed by atoms with van der Waals surface area (Å²) in [6, 6.07) is 4.36. The van der Waals surface area contributed by atoms with Gasteiger partial charge >= 0.3 is 0 Å². The van der Waals surface area contributed by atoms with E-state index in [4.69, 9.17) is 4.74 Å². The van der Waals surface area contributed by atoms with E-state index in [1.807, 2.05) is 0 Å². The van der Waals surface area contributed by atoms with Crippen LogP contribution < -0.4 is 4.74 Å². The maximum atomic E-state index is 5.93. The Morgan fingerprint density at radius 3 is 2.32 bits per heavy atom. The van der Waals surface area contributed by atoms with Crippen LogP contribution in [-0.2, 0) is 0 Å². The topological polar surface area (TPSA) is 12.5 Å². The van der Waals surface area contributed by atoms with Crippen molar-refractivity contribution in [3.05, 3.63) is 28.8 Å². The molecule has 0 aliphatic rings. The molecular weight excluding hydrogens is 234 g/mol. The number of rotatable bonds is 8. The Bertz CT molecular complexity index is 383. The summed E-state index contributed by atoms with van der Waals surface area (Å²) < 4.78 is 5.93. The fourth-order valence-corrected chi connectivity index (χ4v) is 2.31. The maximum absolute atomic E-state index is 5.93. The number of aryl methyl sites for hydroxylation is 2. The third-order valence-corrected chi connectivity index (χ3v) is 3.78. The molecule has 2 heteroatoms. The van der Waals surface area contributed by atoms with Crippen LogP contribution in [0.4, 0.5) is 0 Å². The zero-order valence-corrected chi connectivity index (χ0v) is 13.3. The van der Waals surface area contributed by atoms with E-state index < -0.39 is 0 Å². The molecule has 0 atom stereocenters. The van der Waals surface area contributed by atoms with Crippen molar-refractivity contribution in [3.63, 3.8) is 0 Å². The fraction of sp³-hybridized carbons (Fsp3) is 0.647. The van der Waals surface area contributed by atoms with E-state index in [1.165, 1.54) is 29.7 Å². The number of ether oxygens (including phenoxy) is 1. The first-order chi connectivity index (χ1) is 9.08. The first kappa shape index (κ1) is 16.0. The van der Waals surface area contributed by atoms with Gasteiger partial charge in [0, 0.05) is 0 Å². The van der Waals surface area contributed by atoms with Crippen LogP contribution in [0.5, 0.6) is 5.75 Å². The van der Waals surface area contributed by atoms with Crippen molar-refractivity contribution in [1.29, 1.82) is 0 Å². The largest absolute Gasteiger partial charge is 0.493 e. The van der Waals surface area contributed by atoms with Gasteiger partial charge in [-0.15, -0.1) is 0 Å². The molecule has 19 heavy (non-hydrogen) atoms. The predicted molar refractivity (Wildman–Crippen MR) is 83.2 cm³/mol. The molecule has 0 aromatic heterocycles. The Balaban J connectivity index is 2.34. The van der Waals surface area contributed by atoms with Crippen LogP contribution >= 0.6 is 0 Å². The van der Waals surface area contributed by atoms with Crippen molar-refractivity contribution < 1.29 is 4.74 Å². The van der Waals surface area contributed by atoms with Crippen LogP contribution in [0.2, 0.25) is 0 Å². The molecule has 0 aliphatic heterocycles. The highest BCUT2D eigenvalue weighted by Gasteiger charge is 2.04. The molecule has 0 amide bonds. The number of benzene rings is 1. The molecular formula is C17H29NO. The van der Waals surface area contributed by atoms with Gasteiger partial charge in [0.15, 0.2) is 0 Å². The van der Waals surface area contributed by atoms with E-state index in [-0.39, 0.29) is 0 Å². The van der Waals surface area contributed by atoms with Crippen molar-refractivity contribution in [2.24, 2.45) is 0 Å². The van der Waals surface area contributed by atoms with Crippen molar-refractivity contribution in [3.8, 4) is 5.75 Å². The summed E-state index contributed by atoms with van der Waals surface area (Å²) in [5, 5.41) is 0. The monoisotopic (exact) mass is 263 g/mol. The van der Waals surface area contributed by atoms with Crippen molar-refractivity contribution in [2.45, 2.75) is 47.5 Å². The molecule has 0 radical (unpaired) electrons. The lowest BCUT2D eigenvalue weighted by Crippen LogP contribution is -2.24. The van der Waals surface area contributed by atoms with Gasteiger partial charge in [-0.05, 0) is 76.0 Å². The van der Waals surface area contributed by atoms with E-state index in [1.54, 1.807) is 0 Å². The van der Waals surface area contributed by atoms with Crippen LogP contribution in [-0.4, -0.2) is 31.1 Å². The molecule has 1 aromatic carbocycles. The lowest BCUT2D eigenvalue weighted by molar-refractivity contribution is 0.265. The van der Waals surface area contributed by atoms with Crippen LogP contribution in [0.1, 0.15) is 43.4 Å². The summed E-state index contributed by atoms with van der Waals surface area (Å²) in [4.78, 5) is 2.46. The highest BCUT2D eigenvalue weighted by molar-refractivity contribution is 5.41. The van der Waals surface area contributed by atoms with Crippen LogP contribution in [0.3, 0.4) is 0 Å². The molecule has 0 aliphatic carbocycles. The summed E-state index contributed by atoms with van der Waals surface area (Å²) in [7, 11) is 0. The minimum Gasteiger partial charge on any atom is -0.493 e. The fourth-order valence-electron chi connectivity index (χ4n) is 2.31. The van der Waals surface area contributed by atoms with E-state index >= 15 is 0 Å². The van der Waals surface area contributed by atoms with Gasteiger partial charge in [-0.2, -0.15) is 0 Å². The van der Waals surface area contributed by atoms with E-state index in [2.05, 4.69) is 51.7 Å². The van der Waals surface area contributed by atoms with Crippen molar-refractivity contribution in [1.82, 2.24) is 4.90 Å². The van der Waals surface area contributed by atoms with Crippen LogP contribution in [0, 0.1) is 20.8 Å². The number of unbranched alkanes of at least 4 members (excludes halogenated alkanes) is 1. The first-order valence-electron chi connectivity index (χ1n) is 7.51. The Kier molecular flexibility index (Phi) is 6.93. The van der Waals surface area contributed by atoms with Crippen LogP contribution in [0.15, 0.2) is 12.1 Å². The normalized spacial score (nSPS) is 11.1. The molecule has 0 fully saturated rings. The summed E-state index contributed by atoms with van der Waals surface area (Å²) >= 11 is 0. The summed E-state index contributed by atoms with van der Waals surface area (Å²) in [6.45, 7) is 15.2. The Morgan fingerprint density at radius 1 is 1.00 bits per heavy atom. The van der Waals surface area contributed by atoms with Gasteiger partial charge in [-0.25, -0.2) is 0 Å². The minimum absolute atomic E-state index is 0.824. The molecule has 2 nitrogen and oxygen atoms in total. The third kappa shape index (κ3) is 5.23. The molecule has 0 unspecified atom stereocenters. The average Bonchev–Trinajstić information content (AvgIpc) is 2.39. The smallest absolute Gasteiger partial charge is 0.122 e. The summed E-state index contributed by atoms with van der Waals surface area (Å²) in [5.41, 5.74) is 3.87. The van der Waals surface area contributed by atoms with Gasteiger partial charge in [-0.1, -0.05) is 19.9 Å². The molecule has 0 bridgehead atoms. The van der Waals surface area contributed by atoms with Gasteiger partial charge in [0.25, 0.3) is 0 Å². The molecule has 0 N–H and O–H groups in total. The van der Waals surface area contributed by atoms with Crippen molar-refractivity contribution in [2.75, 3.05) is 26.2 Å². The summed E-state index contributed by atoms with van der Waals surface area (Å²) in [5.74, 6) is 1.06. The molecule has 108 valence electrons. The second-order valence-corrected chi connectivity index (χ2v) is 5.29. The zero-order valence-electron chi connectivity index (χ0n) is 13.3. The zero-order chi connectivity index (χ0) is 14.3. The van der Waals surface area contributed by atoms with E-state index in [9.17, 15) is 0 Å². The number of hydrogen-bond donors (Lipinski definition) is 0. The second kappa shape index (κ2) is 8.21. The third-order valence-electron chi connectivity index (χ3n) is 3.78. The SMILES string of the molecule is CCN(CC)CCCCOc1cc(C)cc(C)c1C. The van der Waals surface area contributed by atoms with Crippen LogP contribution in [0.25, 0.3) is 0 Å². The Labute approximate surface area is 118 Å². The van der Waals surface area contributed by atoms with Gasteiger partial charge < -0.3 is 9.64 Å². The van der Waals surface area contributed by atoms with Gasteiger partial charge in [0.2, 0.25) is 0 Å². The van der Waals surface area contributed by atoms with Gasteiger partial charge in [-0.3, -0.25) is 0 Å². The average molecular weight is 263 g/mol. The standard InChI is InChI=1S/C17H29NO/c1-6-18(7-2)10-8-9-11-19-17-13-14(3)12-15(4)16(17)5/h12-13H,6-11H2,1-5H3. The Morgan fingerprint density at radius 2 is 1.68 bits per heavy atom. The quantitative estimate of drug-likeness (QED) is 0.654. The molecule has 0 heterocycles. The molecule has 1 aromatic rings. The predicted octanol–water partition coefficient (Wildman–Crippen LogP) is 4.11. The lowest BCUT2D eigenvalue weighted by atomic mass is 10.1. The molecule has 0 saturated heterocycles. The van der Waals surface area contributed by atoms with Gasteiger partial charge in [0.1, 0.15) is 5.75 Å². The Hall–Kier alpha value is -1.02. The first-order valence-corrected chi connectivity index (χ1v) is 7.51. The number of hydrogen-bond acceptors (Lipinski definition) is 2. The van der Waals surface area contributed by atoms with Crippen molar-refractivity contribution >= 4 is 0 Å². The summed E-state index contributed by atoms with van der Waals surface area (Å²) in [6.07, 6.45) is 2.34. The molecule has 0 spiro atoms. The highest BCUT2D eigenvalue weighted by Crippen LogP contribution is 2.23. The molecule has 0 saturated carbocycles. The highest BCUT2D eigenvalue weighted by atomic mass is 16.5. The maximum Gasteiger partial charge on any atom is 0.122 e. The molecule has 1 rings (SSSR count).